The Morgan fingerprint density at radius 3 is 2.37 bits per heavy atom. The molecule has 0 aromatic heterocycles. The van der Waals surface area contributed by atoms with E-state index in [9.17, 15) is 18.6 Å². The maximum Gasteiger partial charge on any atom is 0.283 e. The molecule has 0 saturated heterocycles. The van der Waals surface area contributed by atoms with Crippen molar-refractivity contribution < 1.29 is 18.6 Å². The first-order valence-electron chi connectivity index (χ1n) is 9.22. The monoisotopic (exact) mass is 439 g/mol. The minimum atomic E-state index is -4.15. The molecule has 1 aliphatic heterocycles. The summed E-state index contributed by atoms with van der Waals surface area (Å²) in [4.78, 5) is -0.204. The van der Waals surface area contributed by atoms with Crippen LogP contribution in [0.25, 0.3) is 12.2 Å². The van der Waals surface area contributed by atoms with E-state index < -0.39 is 16.0 Å². The van der Waals surface area contributed by atoms with E-state index in [4.69, 9.17) is 0 Å². The highest BCUT2D eigenvalue weighted by molar-refractivity contribution is 8.07. The molecule has 0 amide bonds. The van der Waals surface area contributed by atoms with Crippen molar-refractivity contribution in [1.29, 1.82) is 0 Å². The van der Waals surface area contributed by atoms with E-state index in [0.717, 1.165) is 22.9 Å². The van der Waals surface area contributed by atoms with E-state index in [1.54, 1.807) is 12.1 Å². The number of hydrogen-bond donors (Lipinski definition) is 0. The number of sulfonamides is 1. The lowest BCUT2D eigenvalue weighted by Crippen LogP contribution is -2.22. The third kappa shape index (κ3) is 5.04. The zero-order valence-corrected chi connectivity index (χ0v) is 18.5. The smallest absolute Gasteiger partial charge is 0.283 e. The number of allylic oxidation sites excluding steroid dienone is 2. The summed E-state index contributed by atoms with van der Waals surface area (Å²) in [5.41, 5.74) is 2.08. The van der Waals surface area contributed by atoms with Gasteiger partial charge in [-0.15, -0.1) is 0 Å². The summed E-state index contributed by atoms with van der Waals surface area (Å²) < 4.78 is 29.9. The molecule has 0 atom stereocenters. The molecule has 30 heavy (non-hydrogen) atoms. The summed E-state index contributed by atoms with van der Waals surface area (Å²) in [6, 6.07) is 14.6. The molecule has 1 aliphatic rings. The molecule has 2 aromatic carbocycles. The minimum absolute atomic E-state index is 0.0122. The van der Waals surface area contributed by atoms with Gasteiger partial charge in [0, 0.05) is 4.91 Å². The van der Waals surface area contributed by atoms with Crippen molar-refractivity contribution in [2.24, 2.45) is 4.40 Å². The Bertz CT molecular complexity index is 1170. The van der Waals surface area contributed by atoms with Crippen molar-refractivity contribution in [3.63, 3.8) is 0 Å². The molecular formula is C23H21NO4S2-2. The van der Waals surface area contributed by atoms with E-state index in [1.807, 2.05) is 63.2 Å². The first kappa shape index (κ1) is 21.9. The van der Waals surface area contributed by atoms with Crippen LogP contribution < -0.4 is 10.2 Å². The van der Waals surface area contributed by atoms with Crippen molar-refractivity contribution in [3.8, 4) is 0 Å². The Labute approximate surface area is 181 Å². The van der Waals surface area contributed by atoms with Gasteiger partial charge in [-0.25, -0.2) is 0 Å². The van der Waals surface area contributed by atoms with Crippen LogP contribution in [0, 0.1) is 0 Å². The van der Waals surface area contributed by atoms with Crippen molar-refractivity contribution in [2.75, 3.05) is 0 Å². The molecule has 0 radical (unpaired) electrons. The van der Waals surface area contributed by atoms with Crippen molar-refractivity contribution >= 4 is 39.6 Å². The Morgan fingerprint density at radius 2 is 1.73 bits per heavy atom. The number of nitrogens with zero attached hydrogens (tertiary/aromatic N) is 1. The molecule has 156 valence electrons. The summed E-state index contributed by atoms with van der Waals surface area (Å²) >= 11 is 0.877. The second kappa shape index (κ2) is 8.53. The maximum absolute atomic E-state index is 13.1. The van der Waals surface area contributed by atoms with Crippen LogP contribution in [0.3, 0.4) is 0 Å². The van der Waals surface area contributed by atoms with Gasteiger partial charge in [0.25, 0.3) is 10.0 Å². The fourth-order valence-corrected chi connectivity index (χ4v) is 4.73. The maximum atomic E-state index is 13.1. The molecule has 0 fully saturated rings. The number of hydrogen-bond acceptors (Lipinski definition) is 5. The number of thioether (sulfide) groups is 1. The van der Waals surface area contributed by atoms with Crippen molar-refractivity contribution in [2.45, 2.75) is 31.1 Å². The van der Waals surface area contributed by atoms with Gasteiger partial charge in [0.05, 0.1) is 10.6 Å². The molecule has 2 aromatic rings. The van der Waals surface area contributed by atoms with E-state index in [2.05, 4.69) is 4.40 Å². The zero-order valence-electron chi connectivity index (χ0n) is 16.8. The summed E-state index contributed by atoms with van der Waals surface area (Å²) in [6.45, 7) is 6.13. The van der Waals surface area contributed by atoms with Gasteiger partial charge in [-0.1, -0.05) is 81.1 Å². The average Bonchev–Trinajstić information content (AvgIpc) is 3.14. The molecule has 0 saturated carbocycles. The second-order valence-corrected chi connectivity index (χ2v) is 10.2. The van der Waals surface area contributed by atoms with Crippen LogP contribution in [0.5, 0.6) is 0 Å². The normalized spacial score (nSPS) is 16.0. The first-order chi connectivity index (χ1) is 14.1. The highest BCUT2D eigenvalue weighted by Gasteiger charge is 2.22. The predicted molar refractivity (Wildman–Crippen MR) is 119 cm³/mol. The van der Waals surface area contributed by atoms with E-state index in [0.29, 0.717) is 5.56 Å². The van der Waals surface area contributed by atoms with E-state index in [-0.39, 0.29) is 20.9 Å². The summed E-state index contributed by atoms with van der Waals surface area (Å²) in [6.07, 6.45) is 4.93. The van der Waals surface area contributed by atoms with Crippen molar-refractivity contribution in [1.82, 2.24) is 0 Å². The third-order valence-corrected chi connectivity index (χ3v) is 6.71. The zero-order chi connectivity index (χ0) is 21.9. The standard InChI is InChI=1S/C23H23NO4S2/c1-23(2,3)18-11-12-20(17(15-18)10-9-16-7-5-4-6-8-16)30(27,28)24-19-13-14-29-21(19)22(25)26/h4-15,25-26H,1-3H3/p-2/b10-9+,24-19?. The summed E-state index contributed by atoms with van der Waals surface area (Å²) in [7, 11) is -4.15. The Balaban J connectivity index is 2.12. The SMILES string of the molecule is CC(C)(C)c1ccc(S(=O)(=O)N=C2C=CSC2=C([O-])[O-])c(/C=C/c2ccccc2)c1. The van der Waals surface area contributed by atoms with Gasteiger partial charge in [0.2, 0.25) is 0 Å². The van der Waals surface area contributed by atoms with Crippen LogP contribution in [0.4, 0.5) is 0 Å². The van der Waals surface area contributed by atoms with Crippen LogP contribution in [-0.4, -0.2) is 14.1 Å². The molecule has 0 spiro atoms. The number of rotatable bonds is 4. The highest BCUT2D eigenvalue weighted by Crippen LogP contribution is 2.31. The molecule has 7 heteroatoms. The van der Waals surface area contributed by atoms with Crippen molar-refractivity contribution in [3.05, 3.63) is 87.6 Å². The summed E-state index contributed by atoms with van der Waals surface area (Å²) in [5.74, 6) is -1.45. The van der Waals surface area contributed by atoms with Gasteiger partial charge >= 0.3 is 0 Å². The Kier molecular flexibility index (Phi) is 6.24. The molecule has 3 rings (SSSR count). The van der Waals surface area contributed by atoms with Crippen LogP contribution in [0.15, 0.2) is 80.2 Å². The second-order valence-electron chi connectivity index (χ2n) is 7.74. The van der Waals surface area contributed by atoms with Gasteiger partial charge < -0.3 is 10.2 Å². The molecule has 1 heterocycles. The van der Waals surface area contributed by atoms with Gasteiger partial charge in [0.1, 0.15) is 0 Å². The van der Waals surface area contributed by atoms with E-state index in [1.165, 1.54) is 17.6 Å². The van der Waals surface area contributed by atoms with Crippen LogP contribution in [0.1, 0.15) is 37.5 Å². The van der Waals surface area contributed by atoms with Crippen LogP contribution in [0.2, 0.25) is 0 Å². The lowest BCUT2D eigenvalue weighted by atomic mass is 9.86. The molecule has 0 N–H and O–H groups in total. The first-order valence-corrected chi connectivity index (χ1v) is 11.5. The lowest BCUT2D eigenvalue weighted by Gasteiger charge is -2.21. The van der Waals surface area contributed by atoms with Crippen LogP contribution >= 0.6 is 11.8 Å². The largest absolute Gasteiger partial charge is 0.883 e. The molecule has 0 unspecified atom stereocenters. The average molecular weight is 440 g/mol. The van der Waals surface area contributed by atoms with Gasteiger partial charge in [-0.2, -0.15) is 18.8 Å². The molecule has 0 aliphatic carbocycles. The Hall–Kier alpha value is -2.77. The van der Waals surface area contributed by atoms with Gasteiger partial charge in [0.15, 0.2) is 0 Å². The molecular weight excluding hydrogens is 418 g/mol. The lowest BCUT2D eigenvalue weighted by molar-refractivity contribution is -0.513. The van der Waals surface area contributed by atoms with Crippen LogP contribution in [-0.2, 0) is 15.4 Å². The summed E-state index contributed by atoms with van der Waals surface area (Å²) in [5, 5.41) is 23.9. The molecule has 0 bridgehead atoms. The number of benzene rings is 2. The Morgan fingerprint density at radius 1 is 1.03 bits per heavy atom. The fraction of sp³-hybridized carbons (Fsp3) is 0.174. The third-order valence-electron chi connectivity index (χ3n) is 4.46. The fourth-order valence-electron chi connectivity index (χ4n) is 2.84. The van der Waals surface area contributed by atoms with Gasteiger partial charge in [-0.05, 0) is 45.7 Å². The predicted octanol–water partition coefficient (Wildman–Crippen LogP) is 3.43. The van der Waals surface area contributed by atoms with Gasteiger partial charge in [-0.3, -0.25) is 0 Å². The van der Waals surface area contributed by atoms with E-state index >= 15 is 0 Å². The quantitative estimate of drug-likeness (QED) is 0.537. The molecule has 5 nitrogen and oxygen atoms in total. The highest BCUT2D eigenvalue weighted by atomic mass is 32.2. The topological polar surface area (TPSA) is 92.6 Å². The minimum Gasteiger partial charge on any atom is -0.883 e.